The van der Waals surface area contributed by atoms with E-state index < -0.39 is 10.8 Å². The van der Waals surface area contributed by atoms with Crippen molar-refractivity contribution in [1.29, 1.82) is 0 Å². The third-order valence-corrected chi connectivity index (χ3v) is 5.82. The van der Waals surface area contributed by atoms with Crippen molar-refractivity contribution in [3.8, 4) is 5.75 Å². The molecule has 0 spiro atoms. The molecule has 5 nitrogen and oxygen atoms in total. The van der Waals surface area contributed by atoms with Gasteiger partial charge in [-0.05, 0) is 55.3 Å². The Balaban J connectivity index is 1.50. The number of carbonyl (C=O) groups excluding carboxylic acids is 1. The zero-order valence-electron chi connectivity index (χ0n) is 16.9. The van der Waals surface area contributed by atoms with Crippen molar-refractivity contribution in [1.82, 2.24) is 5.32 Å². The summed E-state index contributed by atoms with van der Waals surface area (Å²) in [7, 11) is -1.19. The Kier molecular flexibility index (Phi) is 7.71. The smallest absolute Gasteiger partial charge is 0.287 e. The van der Waals surface area contributed by atoms with Crippen LogP contribution in [-0.2, 0) is 28.9 Å². The van der Waals surface area contributed by atoms with E-state index in [1.54, 1.807) is 18.2 Å². The SMILES string of the molecule is CC(C)Oc1ccc(CNC(=O)c2ccc(C[S@@](=O)Cc3ccccc3Cl)o2)cc1. The Bertz CT molecular complexity index is 1010. The van der Waals surface area contributed by atoms with Crippen molar-refractivity contribution < 1.29 is 18.2 Å². The summed E-state index contributed by atoms with van der Waals surface area (Å²) in [6, 6.07) is 18.2. The van der Waals surface area contributed by atoms with Crippen LogP contribution in [0.2, 0.25) is 5.02 Å². The van der Waals surface area contributed by atoms with Crippen molar-refractivity contribution in [3.05, 3.63) is 88.3 Å². The van der Waals surface area contributed by atoms with Crippen LogP contribution in [0.1, 0.15) is 41.3 Å². The van der Waals surface area contributed by atoms with Gasteiger partial charge in [-0.2, -0.15) is 0 Å². The average Bonchev–Trinajstić information content (AvgIpc) is 3.17. The number of furan rings is 1. The van der Waals surface area contributed by atoms with Gasteiger partial charge in [-0.25, -0.2) is 0 Å². The molecule has 0 aliphatic rings. The van der Waals surface area contributed by atoms with Gasteiger partial charge in [-0.15, -0.1) is 0 Å². The van der Waals surface area contributed by atoms with Crippen LogP contribution < -0.4 is 10.1 Å². The van der Waals surface area contributed by atoms with E-state index in [4.69, 9.17) is 20.8 Å². The van der Waals surface area contributed by atoms with Crippen molar-refractivity contribution >= 4 is 28.3 Å². The average molecular weight is 446 g/mol. The summed E-state index contributed by atoms with van der Waals surface area (Å²) in [5.74, 6) is 1.72. The van der Waals surface area contributed by atoms with Crippen molar-refractivity contribution in [2.24, 2.45) is 0 Å². The van der Waals surface area contributed by atoms with E-state index in [0.717, 1.165) is 16.9 Å². The van der Waals surface area contributed by atoms with Gasteiger partial charge in [0, 0.05) is 22.4 Å². The molecule has 3 rings (SSSR count). The molecule has 30 heavy (non-hydrogen) atoms. The molecule has 1 aromatic heterocycles. The summed E-state index contributed by atoms with van der Waals surface area (Å²) < 4.78 is 23.6. The highest BCUT2D eigenvalue weighted by Gasteiger charge is 2.14. The highest BCUT2D eigenvalue weighted by Crippen LogP contribution is 2.19. The quantitative estimate of drug-likeness (QED) is 0.497. The molecule has 0 unspecified atom stereocenters. The third kappa shape index (κ3) is 6.47. The minimum Gasteiger partial charge on any atom is -0.491 e. The van der Waals surface area contributed by atoms with Crippen LogP contribution in [0.15, 0.2) is 65.1 Å². The monoisotopic (exact) mass is 445 g/mol. The summed E-state index contributed by atoms with van der Waals surface area (Å²) in [5.41, 5.74) is 1.78. The molecule has 0 radical (unpaired) electrons. The summed E-state index contributed by atoms with van der Waals surface area (Å²) >= 11 is 6.12. The van der Waals surface area contributed by atoms with Crippen molar-refractivity contribution in [3.63, 3.8) is 0 Å². The first-order valence-corrected chi connectivity index (χ1v) is 11.5. The third-order valence-electron chi connectivity index (χ3n) is 4.21. The lowest BCUT2D eigenvalue weighted by Gasteiger charge is -2.10. The van der Waals surface area contributed by atoms with Gasteiger partial charge in [0.2, 0.25) is 0 Å². The molecule has 1 atom stereocenters. The number of carbonyl (C=O) groups is 1. The lowest BCUT2D eigenvalue weighted by molar-refractivity contribution is 0.0921. The number of rotatable bonds is 9. The number of hydrogen-bond donors (Lipinski definition) is 1. The van der Waals surface area contributed by atoms with Gasteiger partial charge in [-0.3, -0.25) is 9.00 Å². The number of ether oxygens (including phenoxy) is 1. The van der Waals surface area contributed by atoms with Crippen LogP contribution in [0.25, 0.3) is 0 Å². The number of amides is 1. The topological polar surface area (TPSA) is 68.5 Å². The molecular weight excluding hydrogens is 422 g/mol. The molecule has 0 saturated heterocycles. The van der Waals surface area contributed by atoms with Crippen LogP contribution in [0.4, 0.5) is 0 Å². The Hall–Kier alpha value is -2.57. The highest BCUT2D eigenvalue weighted by molar-refractivity contribution is 7.83. The first-order valence-electron chi connectivity index (χ1n) is 9.61. The number of hydrogen-bond acceptors (Lipinski definition) is 4. The standard InChI is InChI=1S/C23H24ClNO4S/c1-16(2)28-19-9-7-17(8-10-19)13-25-23(26)22-12-11-20(29-22)15-30(27)14-18-5-3-4-6-21(18)24/h3-12,16H,13-15H2,1-2H3,(H,25,26)/t30-/m0/s1. The maximum atomic E-state index is 12.4. The maximum Gasteiger partial charge on any atom is 0.287 e. The van der Waals surface area contributed by atoms with Crippen LogP contribution in [0.5, 0.6) is 5.75 Å². The van der Waals surface area contributed by atoms with Crippen LogP contribution in [0.3, 0.4) is 0 Å². The second kappa shape index (κ2) is 10.5. The Labute approximate surface area is 183 Å². The van der Waals surface area contributed by atoms with Gasteiger partial charge >= 0.3 is 0 Å². The first kappa shape index (κ1) is 22.1. The van der Waals surface area contributed by atoms with Crippen LogP contribution in [-0.4, -0.2) is 16.2 Å². The minimum absolute atomic E-state index is 0.114. The van der Waals surface area contributed by atoms with E-state index in [2.05, 4.69) is 5.32 Å². The second-order valence-corrected chi connectivity index (χ2v) is 8.94. The van der Waals surface area contributed by atoms with Gasteiger partial charge in [-0.1, -0.05) is 41.9 Å². The zero-order valence-corrected chi connectivity index (χ0v) is 18.5. The van der Waals surface area contributed by atoms with Crippen molar-refractivity contribution in [2.45, 2.75) is 38.0 Å². The molecule has 0 saturated carbocycles. The molecule has 0 aliphatic heterocycles. The Morgan fingerprint density at radius 3 is 2.50 bits per heavy atom. The first-order chi connectivity index (χ1) is 14.4. The lowest BCUT2D eigenvalue weighted by atomic mass is 10.2. The molecule has 1 heterocycles. The van der Waals surface area contributed by atoms with E-state index >= 15 is 0 Å². The second-order valence-electron chi connectivity index (χ2n) is 7.08. The fourth-order valence-electron chi connectivity index (χ4n) is 2.80. The highest BCUT2D eigenvalue weighted by atomic mass is 35.5. The number of nitrogens with one attached hydrogen (secondary N) is 1. The minimum atomic E-state index is -1.19. The number of benzene rings is 2. The van der Waals surface area contributed by atoms with E-state index in [-0.39, 0.29) is 23.5 Å². The normalized spacial score (nSPS) is 12.0. The predicted molar refractivity (Wildman–Crippen MR) is 119 cm³/mol. The molecule has 158 valence electrons. The molecule has 7 heteroatoms. The molecule has 0 bridgehead atoms. The van der Waals surface area contributed by atoms with E-state index in [1.165, 1.54) is 0 Å². The van der Waals surface area contributed by atoms with Crippen LogP contribution >= 0.6 is 11.6 Å². The molecule has 1 amide bonds. The van der Waals surface area contributed by atoms with E-state index in [0.29, 0.717) is 23.1 Å². The van der Waals surface area contributed by atoms with Gasteiger partial charge in [0.25, 0.3) is 5.91 Å². The summed E-state index contributed by atoms with van der Waals surface area (Å²) in [5, 5.41) is 3.41. The molecule has 2 aromatic carbocycles. The van der Waals surface area contributed by atoms with Gasteiger partial charge in [0.15, 0.2) is 5.76 Å². The van der Waals surface area contributed by atoms with E-state index in [1.807, 2.05) is 56.3 Å². The van der Waals surface area contributed by atoms with Crippen LogP contribution in [0, 0.1) is 0 Å². The zero-order chi connectivity index (χ0) is 21.5. The molecule has 0 fully saturated rings. The molecular formula is C23H24ClNO4S. The van der Waals surface area contributed by atoms with Gasteiger partial charge < -0.3 is 14.5 Å². The Morgan fingerprint density at radius 2 is 1.80 bits per heavy atom. The molecule has 3 aromatic rings. The fourth-order valence-corrected chi connectivity index (χ4v) is 4.26. The molecule has 0 aliphatic carbocycles. The number of halogens is 1. The Morgan fingerprint density at radius 1 is 1.07 bits per heavy atom. The van der Waals surface area contributed by atoms with Gasteiger partial charge in [0.05, 0.1) is 17.6 Å². The molecule has 1 N–H and O–H groups in total. The van der Waals surface area contributed by atoms with E-state index in [9.17, 15) is 9.00 Å². The summed E-state index contributed by atoms with van der Waals surface area (Å²) in [4.78, 5) is 12.3. The lowest BCUT2D eigenvalue weighted by Crippen LogP contribution is -2.22. The van der Waals surface area contributed by atoms with Crippen molar-refractivity contribution in [2.75, 3.05) is 0 Å². The maximum absolute atomic E-state index is 12.4. The largest absolute Gasteiger partial charge is 0.491 e. The fraction of sp³-hybridized carbons (Fsp3) is 0.261. The summed E-state index contributed by atoms with van der Waals surface area (Å²) in [6.45, 7) is 4.31. The van der Waals surface area contributed by atoms with Gasteiger partial charge in [0.1, 0.15) is 11.5 Å². The summed E-state index contributed by atoms with van der Waals surface area (Å²) in [6.07, 6.45) is 0.114. The predicted octanol–water partition coefficient (Wildman–Crippen LogP) is 5.10.